The van der Waals surface area contributed by atoms with Crippen molar-refractivity contribution in [3.63, 3.8) is 0 Å². The van der Waals surface area contributed by atoms with Crippen LogP contribution < -0.4 is 11.1 Å². The molecule has 12 heavy (non-hydrogen) atoms. The summed E-state index contributed by atoms with van der Waals surface area (Å²) in [5.41, 5.74) is 6.18. The molecule has 0 saturated carbocycles. The number of hydrogen-bond acceptors (Lipinski definition) is 3. The topological polar surface area (TPSA) is 64.4 Å². The van der Waals surface area contributed by atoms with E-state index in [0.717, 1.165) is 5.57 Å². The fraction of sp³-hybridized carbons (Fsp3) is 0.625. The Kier molecular flexibility index (Phi) is 5.32. The number of carbonyl (C=O) groups is 1. The smallest absolute Gasteiger partial charge is 0.250 e. The molecule has 0 fully saturated rings. The predicted octanol–water partition coefficient (Wildman–Crippen LogP) is -0.348. The van der Waals surface area contributed by atoms with Gasteiger partial charge in [0.15, 0.2) is 0 Å². The summed E-state index contributed by atoms with van der Waals surface area (Å²) < 4.78 is 4.83. The van der Waals surface area contributed by atoms with Crippen molar-refractivity contribution < 1.29 is 9.53 Å². The van der Waals surface area contributed by atoms with Gasteiger partial charge in [0.25, 0.3) is 5.91 Å². The number of hydrogen-bond donors (Lipinski definition) is 2. The second-order valence-corrected chi connectivity index (χ2v) is 2.63. The second-order valence-electron chi connectivity index (χ2n) is 2.63. The minimum absolute atomic E-state index is 0.192. The van der Waals surface area contributed by atoms with Crippen molar-refractivity contribution in [2.24, 2.45) is 5.73 Å². The number of carbonyl (C=O) groups excluding carboxylic acids is 1. The summed E-state index contributed by atoms with van der Waals surface area (Å²) in [7, 11) is 1.46. The SMILES string of the molecule is C=C(C)CNC(=O)C(CN)OC. The first-order valence-corrected chi connectivity index (χ1v) is 3.76. The van der Waals surface area contributed by atoms with Gasteiger partial charge in [0.05, 0.1) is 0 Å². The standard InChI is InChI=1S/C8H16N2O2/c1-6(2)5-10-8(11)7(4-9)12-3/h7H,1,4-5,9H2,2-3H3,(H,10,11). The molecule has 0 heterocycles. The van der Waals surface area contributed by atoms with Crippen LogP contribution in [0.2, 0.25) is 0 Å². The summed E-state index contributed by atoms with van der Waals surface area (Å²) in [6, 6.07) is 0. The zero-order valence-corrected chi connectivity index (χ0v) is 7.59. The van der Waals surface area contributed by atoms with Crippen molar-refractivity contribution in [2.75, 3.05) is 20.2 Å². The molecular formula is C8H16N2O2. The summed E-state index contributed by atoms with van der Waals surface area (Å²) in [4.78, 5) is 11.2. The van der Waals surface area contributed by atoms with Crippen LogP contribution in [0.4, 0.5) is 0 Å². The van der Waals surface area contributed by atoms with Crippen LogP contribution in [0.1, 0.15) is 6.92 Å². The summed E-state index contributed by atoms with van der Waals surface area (Å²) in [6.45, 7) is 6.15. The van der Waals surface area contributed by atoms with Crippen LogP contribution in [0, 0.1) is 0 Å². The largest absolute Gasteiger partial charge is 0.370 e. The highest BCUT2D eigenvalue weighted by Crippen LogP contribution is 1.88. The fourth-order valence-corrected chi connectivity index (χ4v) is 0.662. The van der Waals surface area contributed by atoms with Crippen LogP contribution in [-0.4, -0.2) is 32.2 Å². The van der Waals surface area contributed by atoms with Gasteiger partial charge in [0.2, 0.25) is 0 Å². The van der Waals surface area contributed by atoms with E-state index in [9.17, 15) is 4.79 Å². The monoisotopic (exact) mass is 172 g/mol. The number of methoxy groups -OCH3 is 1. The third-order valence-electron chi connectivity index (χ3n) is 1.36. The quantitative estimate of drug-likeness (QED) is 0.557. The predicted molar refractivity (Wildman–Crippen MR) is 47.7 cm³/mol. The maximum atomic E-state index is 11.2. The van der Waals surface area contributed by atoms with E-state index in [4.69, 9.17) is 10.5 Å². The molecular weight excluding hydrogens is 156 g/mol. The zero-order chi connectivity index (χ0) is 9.56. The number of nitrogens with two attached hydrogens (primary N) is 1. The van der Waals surface area contributed by atoms with Crippen LogP contribution >= 0.6 is 0 Å². The Morgan fingerprint density at radius 1 is 1.75 bits per heavy atom. The van der Waals surface area contributed by atoms with Crippen molar-refractivity contribution in [1.29, 1.82) is 0 Å². The highest BCUT2D eigenvalue weighted by Gasteiger charge is 2.14. The van der Waals surface area contributed by atoms with Gasteiger partial charge in [-0.05, 0) is 6.92 Å². The maximum Gasteiger partial charge on any atom is 0.250 e. The van der Waals surface area contributed by atoms with Gasteiger partial charge in [-0.3, -0.25) is 4.79 Å². The van der Waals surface area contributed by atoms with Crippen LogP contribution in [0.5, 0.6) is 0 Å². The van der Waals surface area contributed by atoms with E-state index in [1.807, 2.05) is 6.92 Å². The van der Waals surface area contributed by atoms with E-state index in [1.54, 1.807) is 0 Å². The molecule has 0 radical (unpaired) electrons. The number of amides is 1. The summed E-state index contributed by atoms with van der Waals surface area (Å²) in [5, 5.41) is 2.64. The highest BCUT2D eigenvalue weighted by molar-refractivity contribution is 5.81. The highest BCUT2D eigenvalue weighted by atomic mass is 16.5. The summed E-state index contributed by atoms with van der Waals surface area (Å²) in [6.07, 6.45) is -0.552. The zero-order valence-electron chi connectivity index (χ0n) is 7.59. The van der Waals surface area contributed by atoms with E-state index in [2.05, 4.69) is 11.9 Å². The third kappa shape index (κ3) is 4.10. The number of nitrogens with one attached hydrogen (secondary N) is 1. The molecule has 0 aliphatic carbocycles. The molecule has 0 spiro atoms. The van der Waals surface area contributed by atoms with Crippen LogP contribution in [0.15, 0.2) is 12.2 Å². The molecule has 0 aromatic carbocycles. The van der Waals surface area contributed by atoms with Crippen LogP contribution in [0.25, 0.3) is 0 Å². The van der Waals surface area contributed by atoms with Gasteiger partial charge < -0.3 is 15.8 Å². The number of rotatable bonds is 5. The first kappa shape index (κ1) is 11.1. The molecule has 1 unspecified atom stereocenters. The Morgan fingerprint density at radius 2 is 2.33 bits per heavy atom. The average Bonchev–Trinajstić information content (AvgIpc) is 2.03. The molecule has 70 valence electrons. The summed E-state index contributed by atoms with van der Waals surface area (Å²) >= 11 is 0. The molecule has 0 saturated heterocycles. The minimum Gasteiger partial charge on any atom is -0.370 e. The number of ether oxygens (including phenoxy) is 1. The van der Waals surface area contributed by atoms with Gasteiger partial charge in [0.1, 0.15) is 6.10 Å². The van der Waals surface area contributed by atoms with Crippen LogP contribution in [-0.2, 0) is 9.53 Å². The molecule has 0 aliphatic rings. The van der Waals surface area contributed by atoms with E-state index in [-0.39, 0.29) is 12.5 Å². The second kappa shape index (κ2) is 5.74. The fourth-order valence-electron chi connectivity index (χ4n) is 0.662. The van der Waals surface area contributed by atoms with Crippen LogP contribution in [0.3, 0.4) is 0 Å². The van der Waals surface area contributed by atoms with Crippen molar-refractivity contribution in [3.05, 3.63) is 12.2 Å². The third-order valence-corrected chi connectivity index (χ3v) is 1.36. The van der Waals surface area contributed by atoms with Gasteiger partial charge in [-0.2, -0.15) is 0 Å². The van der Waals surface area contributed by atoms with E-state index in [0.29, 0.717) is 6.54 Å². The van der Waals surface area contributed by atoms with Gasteiger partial charge in [0, 0.05) is 20.2 Å². The first-order chi connectivity index (χ1) is 5.61. The molecule has 0 aromatic heterocycles. The van der Waals surface area contributed by atoms with Crippen molar-refractivity contribution in [2.45, 2.75) is 13.0 Å². The first-order valence-electron chi connectivity index (χ1n) is 3.76. The molecule has 3 N–H and O–H groups in total. The Morgan fingerprint density at radius 3 is 2.67 bits per heavy atom. The van der Waals surface area contributed by atoms with Crippen molar-refractivity contribution in [3.8, 4) is 0 Å². The minimum atomic E-state index is -0.552. The lowest BCUT2D eigenvalue weighted by Gasteiger charge is -2.12. The molecule has 4 nitrogen and oxygen atoms in total. The lowest BCUT2D eigenvalue weighted by molar-refractivity contribution is -0.130. The molecule has 0 aliphatic heterocycles. The Hall–Kier alpha value is -0.870. The van der Waals surface area contributed by atoms with E-state index in [1.165, 1.54) is 7.11 Å². The average molecular weight is 172 g/mol. The lowest BCUT2D eigenvalue weighted by Crippen LogP contribution is -2.41. The lowest BCUT2D eigenvalue weighted by atomic mass is 10.3. The Bertz CT molecular complexity index is 164. The van der Waals surface area contributed by atoms with Gasteiger partial charge in [-0.1, -0.05) is 12.2 Å². The Labute approximate surface area is 72.8 Å². The maximum absolute atomic E-state index is 11.2. The molecule has 1 atom stereocenters. The van der Waals surface area contributed by atoms with Gasteiger partial charge >= 0.3 is 0 Å². The molecule has 1 amide bonds. The van der Waals surface area contributed by atoms with E-state index >= 15 is 0 Å². The summed E-state index contributed by atoms with van der Waals surface area (Å²) in [5.74, 6) is -0.192. The molecule has 0 rings (SSSR count). The normalized spacial score (nSPS) is 12.2. The molecule has 4 heteroatoms. The Balaban J connectivity index is 3.77. The molecule has 0 bridgehead atoms. The van der Waals surface area contributed by atoms with Gasteiger partial charge in [-0.15, -0.1) is 0 Å². The van der Waals surface area contributed by atoms with Crippen molar-refractivity contribution >= 4 is 5.91 Å². The van der Waals surface area contributed by atoms with E-state index < -0.39 is 6.10 Å². The molecule has 0 aromatic rings. The van der Waals surface area contributed by atoms with Crippen molar-refractivity contribution in [1.82, 2.24) is 5.32 Å². The van der Waals surface area contributed by atoms with Gasteiger partial charge in [-0.25, -0.2) is 0 Å².